The van der Waals surface area contributed by atoms with Gasteiger partial charge in [0, 0.05) is 13.1 Å². The minimum atomic E-state index is -3.49. The number of halogens is 1. The van der Waals surface area contributed by atoms with Crippen LogP contribution in [-0.2, 0) is 23.1 Å². The minimum Gasteiger partial charge on any atom is -0.326 e. The molecule has 0 saturated heterocycles. The normalized spacial score (nSPS) is 11.7. The molecule has 0 atom stereocenters. The molecule has 0 saturated carbocycles. The number of hydrogen-bond donors (Lipinski definition) is 2. The van der Waals surface area contributed by atoms with Crippen LogP contribution in [0.25, 0.3) is 0 Å². The van der Waals surface area contributed by atoms with Crippen molar-refractivity contribution < 1.29 is 8.42 Å². The molecule has 102 valence electrons. The molecule has 19 heavy (non-hydrogen) atoms. The maximum Gasteiger partial charge on any atom is 0.250 e. The van der Waals surface area contributed by atoms with Gasteiger partial charge in [0.1, 0.15) is 4.21 Å². The van der Waals surface area contributed by atoms with Crippen LogP contribution in [0, 0.1) is 0 Å². The Hall–Kier alpha value is -0.920. The summed E-state index contributed by atoms with van der Waals surface area (Å²) in [5, 5.41) is 0. The average Bonchev–Trinajstić information content (AvgIpc) is 2.85. The molecule has 0 aliphatic rings. The zero-order valence-electron chi connectivity index (χ0n) is 9.97. The molecule has 1 aromatic carbocycles. The van der Waals surface area contributed by atoms with Gasteiger partial charge in [0.05, 0.1) is 4.34 Å². The number of thiophene rings is 1. The average molecular weight is 317 g/mol. The van der Waals surface area contributed by atoms with Gasteiger partial charge in [-0.05, 0) is 23.3 Å². The first kappa shape index (κ1) is 14.5. The van der Waals surface area contributed by atoms with Crippen molar-refractivity contribution in [3.8, 4) is 0 Å². The lowest BCUT2D eigenvalue weighted by molar-refractivity contribution is 0.583. The number of rotatable bonds is 5. The van der Waals surface area contributed by atoms with E-state index >= 15 is 0 Å². The molecule has 0 spiro atoms. The fourth-order valence-electron chi connectivity index (χ4n) is 1.48. The molecule has 0 radical (unpaired) electrons. The molecule has 0 bridgehead atoms. The maximum absolute atomic E-state index is 12.0. The van der Waals surface area contributed by atoms with Crippen LogP contribution in [-0.4, -0.2) is 8.42 Å². The third-order valence-electron chi connectivity index (χ3n) is 2.54. The molecule has 2 rings (SSSR count). The Labute approximate surface area is 121 Å². The maximum atomic E-state index is 12.0. The lowest BCUT2D eigenvalue weighted by Gasteiger charge is -2.05. The van der Waals surface area contributed by atoms with Crippen LogP contribution < -0.4 is 10.5 Å². The van der Waals surface area contributed by atoms with Crippen LogP contribution in [0.2, 0.25) is 4.34 Å². The van der Waals surface area contributed by atoms with Crippen LogP contribution in [0.3, 0.4) is 0 Å². The van der Waals surface area contributed by atoms with Crippen LogP contribution >= 0.6 is 22.9 Å². The minimum absolute atomic E-state index is 0.219. The Kier molecular flexibility index (Phi) is 4.59. The SMILES string of the molecule is NCc1ccc(CNS(=O)(=O)c2ccc(Cl)s2)cc1. The van der Waals surface area contributed by atoms with Gasteiger partial charge >= 0.3 is 0 Å². The molecular weight excluding hydrogens is 304 g/mol. The summed E-state index contributed by atoms with van der Waals surface area (Å²) < 4.78 is 27.1. The van der Waals surface area contributed by atoms with Gasteiger partial charge in [-0.25, -0.2) is 13.1 Å². The summed E-state index contributed by atoms with van der Waals surface area (Å²) in [5.74, 6) is 0. The second-order valence-corrected chi connectivity index (χ2v) is 7.61. The van der Waals surface area contributed by atoms with Gasteiger partial charge in [-0.2, -0.15) is 0 Å². The van der Waals surface area contributed by atoms with E-state index in [0.717, 1.165) is 22.5 Å². The second kappa shape index (κ2) is 6.02. The van der Waals surface area contributed by atoms with Crippen molar-refractivity contribution in [3.05, 3.63) is 51.9 Å². The predicted octanol–water partition coefficient (Wildman–Crippen LogP) is 2.34. The first-order valence-electron chi connectivity index (χ1n) is 5.54. The summed E-state index contributed by atoms with van der Waals surface area (Å²) in [5.41, 5.74) is 7.39. The third-order valence-corrected chi connectivity index (χ3v) is 5.66. The highest BCUT2D eigenvalue weighted by Gasteiger charge is 2.15. The standard InChI is InChI=1S/C12H13ClN2O2S2/c13-11-5-6-12(18-11)19(16,17)15-8-10-3-1-9(7-14)2-4-10/h1-6,15H,7-8,14H2. The fourth-order valence-corrected chi connectivity index (χ4v) is 4.03. The highest BCUT2D eigenvalue weighted by molar-refractivity contribution is 7.91. The Bertz CT molecular complexity index is 651. The van der Waals surface area contributed by atoms with E-state index in [2.05, 4.69) is 4.72 Å². The van der Waals surface area contributed by atoms with E-state index in [1.54, 1.807) is 6.07 Å². The molecule has 0 fully saturated rings. The van der Waals surface area contributed by atoms with Crippen molar-refractivity contribution >= 4 is 33.0 Å². The van der Waals surface area contributed by atoms with E-state index in [9.17, 15) is 8.42 Å². The molecule has 0 amide bonds. The lowest BCUT2D eigenvalue weighted by Crippen LogP contribution is -2.22. The van der Waals surface area contributed by atoms with Gasteiger partial charge in [-0.3, -0.25) is 0 Å². The molecule has 3 N–H and O–H groups in total. The monoisotopic (exact) mass is 316 g/mol. The third kappa shape index (κ3) is 3.77. The molecule has 2 aromatic rings. The van der Waals surface area contributed by atoms with E-state index in [1.807, 2.05) is 24.3 Å². The lowest BCUT2D eigenvalue weighted by atomic mass is 10.1. The highest BCUT2D eigenvalue weighted by Crippen LogP contribution is 2.25. The zero-order valence-corrected chi connectivity index (χ0v) is 12.4. The van der Waals surface area contributed by atoms with Crippen LogP contribution in [0.1, 0.15) is 11.1 Å². The number of sulfonamides is 1. The van der Waals surface area contributed by atoms with E-state index in [4.69, 9.17) is 17.3 Å². The number of benzene rings is 1. The van der Waals surface area contributed by atoms with Crippen LogP contribution in [0.15, 0.2) is 40.6 Å². The molecule has 7 heteroatoms. The van der Waals surface area contributed by atoms with Crippen LogP contribution in [0.5, 0.6) is 0 Å². The van der Waals surface area contributed by atoms with Gasteiger partial charge in [0.25, 0.3) is 0 Å². The van der Waals surface area contributed by atoms with E-state index in [1.165, 1.54) is 6.07 Å². The molecule has 0 unspecified atom stereocenters. The number of hydrogen-bond acceptors (Lipinski definition) is 4. The zero-order chi connectivity index (χ0) is 13.9. The highest BCUT2D eigenvalue weighted by atomic mass is 35.5. The Morgan fingerprint density at radius 3 is 2.26 bits per heavy atom. The summed E-state index contributed by atoms with van der Waals surface area (Å²) in [6.07, 6.45) is 0. The van der Waals surface area contributed by atoms with Gasteiger partial charge in [-0.1, -0.05) is 35.9 Å². The number of nitrogens with one attached hydrogen (secondary N) is 1. The predicted molar refractivity (Wildman–Crippen MR) is 77.7 cm³/mol. The Balaban J connectivity index is 2.05. The Morgan fingerprint density at radius 1 is 1.11 bits per heavy atom. The van der Waals surface area contributed by atoms with Crippen molar-refractivity contribution in [2.75, 3.05) is 0 Å². The summed E-state index contributed by atoms with van der Waals surface area (Å²) in [6, 6.07) is 10.5. The summed E-state index contributed by atoms with van der Waals surface area (Å²) in [4.78, 5) is 0. The summed E-state index contributed by atoms with van der Waals surface area (Å²) >= 11 is 6.77. The van der Waals surface area contributed by atoms with E-state index in [-0.39, 0.29) is 10.8 Å². The molecule has 1 heterocycles. The van der Waals surface area contributed by atoms with Crippen molar-refractivity contribution in [2.45, 2.75) is 17.3 Å². The van der Waals surface area contributed by atoms with Gasteiger partial charge in [0.2, 0.25) is 10.0 Å². The number of nitrogens with two attached hydrogens (primary N) is 1. The van der Waals surface area contributed by atoms with E-state index in [0.29, 0.717) is 10.9 Å². The smallest absolute Gasteiger partial charge is 0.250 e. The molecular formula is C12H13ClN2O2S2. The fraction of sp³-hybridized carbons (Fsp3) is 0.167. The van der Waals surface area contributed by atoms with Crippen molar-refractivity contribution in [1.82, 2.24) is 4.72 Å². The first-order valence-corrected chi connectivity index (χ1v) is 8.22. The van der Waals surface area contributed by atoms with Crippen molar-refractivity contribution in [1.29, 1.82) is 0 Å². The van der Waals surface area contributed by atoms with Crippen LogP contribution in [0.4, 0.5) is 0 Å². The molecule has 0 aliphatic heterocycles. The summed E-state index contributed by atoms with van der Waals surface area (Å²) in [7, 11) is -3.49. The van der Waals surface area contributed by atoms with Gasteiger partial charge < -0.3 is 5.73 Å². The van der Waals surface area contributed by atoms with Crippen molar-refractivity contribution in [2.24, 2.45) is 5.73 Å². The van der Waals surface area contributed by atoms with Crippen molar-refractivity contribution in [3.63, 3.8) is 0 Å². The largest absolute Gasteiger partial charge is 0.326 e. The second-order valence-electron chi connectivity index (χ2n) is 3.90. The molecule has 0 aliphatic carbocycles. The first-order chi connectivity index (χ1) is 9.01. The Morgan fingerprint density at radius 2 is 1.74 bits per heavy atom. The van der Waals surface area contributed by atoms with E-state index < -0.39 is 10.0 Å². The molecule has 4 nitrogen and oxygen atoms in total. The van der Waals surface area contributed by atoms with Gasteiger partial charge in [-0.15, -0.1) is 11.3 Å². The topological polar surface area (TPSA) is 72.2 Å². The quantitative estimate of drug-likeness (QED) is 0.889. The molecule has 1 aromatic heterocycles. The van der Waals surface area contributed by atoms with Gasteiger partial charge in [0.15, 0.2) is 0 Å². The summed E-state index contributed by atoms with van der Waals surface area (Å²) in [6.45, 7) is 0.711.